The van der Waals surface area contributed by atoms with Gasteiger partial charge in [0, 0.05) is 30.4 Å². The minimum Gasteiger partial charge on any atom is -0.496 e. The third-order valence-corrected chi connectivity index (χ3v) is 3.19. The number of fused-ring (bicyclic) bond motifs is 1. The predicted octanol–water partition coefficient (Wildman–Crippen LogP) is 2.57. The van der Waals surface area contributed by atoms with Crippen LogP contribution < -0.4 is 10.5 Å². The van der Waals surface area contributed by atoms with Crippen LogP contribution in [0.1, 0.15) is 31.9 Å². The lowest BCUT2D eigenvalue weighted by molar-refractivity contribution is 0.0223. The van der Waals surface area contributed by atoms with Gasteiger partial charge in [0.15, 0.2) is 0 Å². The average molecular weight is 278 g/mol. The molecule has 1 aromatic rings. The first-order chi connectivity index (χ1) is 9.30. The molecule has 2 rings (SSSR count). The monoisotopic (exact) mass is 278 g/mol. The van der Waals surface area contributed by atoms with E-state index in [2.05, 4.69) is 0 Å². The fraction of sp³-hybridized carbons (Fsp3) is 0.533. The molecule has 0 saturated carbocycles. The van der Waals surface area contributed by atoms with Crippen molar-refractivity contribution in [1.29, 1.82) is 0 Å². The summed E-state index contributed by atoms with van der Waals surface area (Å²) in [5, 5.41) is 0. The van der Waals surface area contributed by atoms with Crippen LogP contribution >= 0.6 is 0 Å². The maximum atomic E-state index is 12.1. The molecule has 20 heavy (non-hydrogen) atoms. The first-order valence-corrected chi connectivity index (χ1v) is 6.73. The number of ether oxygens (including phenoxy) is 2. The van der Waals surface area contributed by atoms with Crippen molar-refractivity contribution < 1.29 is 14.3 Å². The van der Waals surface area contributed by atoms with E-state index in [4.69, 9.17) is 15.2 Å². The summed E-state index contributed by atoms with van der Waals surface area (Å²) in [7, 11) is 1.63. The Morgan fingerprint density at radius 1 is 1.35 bits per heavy atom. The second kappa shape index (κ2) is 5.23. The number of amides is 1. The highest BCUT2D eigenvalue weighted by molar-refractivity contribution is 5.69. The van der Waals surface area contributed by atoms with E-state index in [1.165, 1.54) is 0 Å². The first kappa shape index (κ1) is 14.5. The third-order valence-electron chi connectivity index (χ3n) is 3.19. The van der Waals surface area contributed by atoms with Crippen molar-refractivity contribution in [2.45, 2.75) is 39.3 Å². The Labute approximate surface area is 119 Å². The number of nitrogens with zero attached hydrogens (tertiary/aromatic N) is 1. The molecule has 0 atom stereocenters. The highest BCUT2D eigenvalue weighted by Gasteiger charge is 2.27. The molecule has 1 amide bonds. The Hall–Kier alpha value is -1.91. The number of rotatable bonds is 1. The molecule has 110 valence electrons. The molecule has 5 nitrogen and oxygen atoms in total. The smallest absolute Gasteiger partial charge is 0.410 e. The SMILES string of the molecule is COc1cc(N)cc2c1CCN(C(=O)OC(C)(C)C)C2. The number of anilines is 1. The molecular weight excluding hydrogens is 256 g/mol. The van der Waals surface area contributed by atoms with Crippen molar-refractivity contribution in [2.75, 3.05) is 19.4 Å². The number of hydrogen-bond acceptors (Lipinski definition) is 4. The summed E-state index contributed by atoms with van der Waals surface area (Å²) in [6.07, 6.45) is 0.461. The Morgan fingerprint density at radius 2 is 2.05 bits per heavy atom. The lowest BCUT2D eigenvalue weighted by atomic mass is 9.98. The third kappa shape index (κ3) is 3.15. The summed E-state index contributed by atoms with van der Waals surface area (Å²) in [6.45, 7) is 6.73. The van der Waals surface area contributed by atoms with Crippen LogP contribution in [0.2, 0.25) is 0 Å². The summed E-state index contributed by atoms with van der Waals surface area (Å²) in [5.74, 6) is 0.795. The predicted molar refractivity (Wildman–Crippen MR) is 77.8 cm³/mol. The van der Waals surface area contributed by atoms with Gasteiger partial charge >= 0.3 is 6.09 Å². The van der Waals surface area contributed by atoms with E-state index in [0.717, 1.165) is 23.3 Å². The van der Waals surface area contributed by atoms with Gasteiger partial charge in [0.2, 0.25) is 0 Å². The van der Waals surface area contributed by atoms with Crippen LogP contribution in [0.25, 0.3) is 0 Å². The lowest BCUT2D eigenvalue weighted by Crippen LogP contribution is -2.40. The van der Waals surface area contributed by atoms with Crippen molar-refractivity contribution >= 4 is 11.8 Å². The second-order valence-electron chi connectivity index (χ2n) is 6.01. The molecule has 2 N–H and O–H groups in total. The number of benzene rings is 1. The van der Waals surface area contributed by atoms with Gasteiger partial charge in [-0.25, -0.2) is 4.79 Å². The van der Waals surface area contributed by atoms with Crippen LogP contribution in [0.3, 0.4) is 0 Å². The van der Waals surface area contributed by atoms with Crippen LogP contribution in [0.15, 0.2) is 12.1 Å². The molecule has 1 aliphatic rings. The summed E-state index contributed by atoms with van der Waals surface area (Å²) in [5.41, 5.74) is 8.18. The van der Waals surface area contributed by atoms with Crippen molar-refractivity contribution in [3.63, 3.8) is 0 Å². The quantitative estimate of drug-likeness (QED) is 0.802. The number of carbonyl (C=O) groups excluding carboxylic acids is 1. The van der Waals surface area contributed by atoms with E-state index in [9.17, 15) is 4.79 Å². The zero-order valence-corrected chi connectivity index (χ0v) is 12.5. The summed E-state index contributed by atoms with van der Waals surface area (Å²) in [6, 6.07) is 3.72. The van der Waals surface area contributed by atoms with Gasteiger partial charge in [0.05, 0.1) is 7.11 Å². The molecule has 0 aliphatic carbocycles. The van der Waals surface area contributed by atoms with Crippen molar-refractivity contribution in [1.82, 2.24) is 4.90 Å². The minimum atomic E-state index is -0.481. The van der Waals surface area contributed by atoms with E-state index < -0.39 is 5.60 Å². The van der Waals surface area contributed by atoms with Gasteiger partial charge in [-0.05, 0) is 38.8 Å². The van der Waals surface area contributed by atoms with Crippen LogP contribution in [0, 0.1) is 0 Å². The van der Waals surface area contributed by atoms with Gasteiger partial charge in [-0.3, -0.25) is 0 Å². The molecule has 0 saturated heterocycles. The standard InChI is InChI=1S/C15H22N2O3/c1-15(2,3)20-14(18)17-6-5-12-10(9-17)7-11(16)8-13(12)19-4/h7-8H,5-6,9,16H2,1-4H3. The van der Waals surface area contributed by atoms with Gasteiger partial charge in [0.1, 0.15) is 11.4 Å². The van der Waals surface area contributed by atoms with Crippen LogP contribution in [0.4, 0.5) is 10.5 Å². The number of methoxy groups -OCH3 is 1. The molecule has 0 radical (unpaired) electrons. The zero-order valence-electron chi connectivity index (χ0n) is 12.5. The Morgan fingerprint density at radius 3 is 2.65 bits per heavy atom. The fourth-order valence-electron chi connectivity index (χ4n) is 2.35. The molecule has 5 heteroatoms. The molecule has 0 fully saturated rings. The largest absolute Gasteiger partial charge is 0.496 e. The van der Waals surface area contributed by atoms with Gasteiger partial charge in [-0.1, -0.05) is 0 Å². The van der Waals surface area contributed by atoms with Gasteiger partial charge in [-0.2, -0.15) is 0 Å². The van der Waals surface area contributed by atoms with Crippen LogP contribution in [-0.2, 0) is 17.7 Å². The second-order valence-corrected chi connectivity index (χ2v) is 6.01. The van der Waals surface area contributed by atoms with E-state index in [-0.39, 0.29) is 6.09 Å². The normalized spacial score (nSPS) is 14.7. The minimum absolute atomic E-state index is 0.287. The van der Waals surface area contributed by atoms with Gasteiger partial charge in [-0.15, -0.1) is 0 Å². The number of carbonyl (C=O) groups is 1. The molecule has 0 spiro atoms. The summed E-state index contributed by atoms with van der Waals surface area (Å²) < 4.78 is 10.8. The number of nitrogens with two attached hydrogens (primary N) is 1. The van der Waals surface area contributed by atoms with E-state index in [1.54, 1.807) is 12.0 Å². The molecule has 1 aromatic carbocycles. The zero-order chi connectivity index (χ0) is 14.9. The van der Waals surface area contributed by atoms with E-state index >= 15 is 0 Å². The van der Waals surface area contributed by atoms with Gasteiger partial charge < -0.3 is 20.1 Å². The molecule has 0 unspecified atom stereocenters. The molecule has 1 heterocycles. The molecule has 0 aromatic heterocycles. The van der Waals surface area contributed by atoms with Crippen molar-refractivity contribution in [3.8, 4) is 5.75 Å². The summed E-state index contributed by atoms with van der Waals surface area (Å²) >= 11 is 0. The Kier molecular flexibility index (Phi) is 3.79. The average Bonchev–Trinajstić information content (AvgIpc) is 2.34. The molecule has 0 bridgehead atoms. The first-order valence-electron chi connectivity index (χ1n) is 6.73. The molecule has 1 aliphatic heterocycles. The maximum absolute atomic E-state index is 12.1. The Balaban J connectivity index is 2.19. The van der Waals surface area contributed by atoms with Crippen LogP contribution in [0.5, 0.6) is 5.75 Å². The maximum Gasteiger partial charge on any atom is 0.410 e. The number of nitrogen functional groups attached to an aromatic ring is 1. The number of hydrogen-bond donors (Lipinski definition) is 1. The van der Waals surface area contributed by atoms with E-state index in [0.29, 0.717) is 18.8 Å². The fourth-order valence-corrected chi connectivity index (χ4v) is 2.35. The molecular formula is C15H22N2O3. The Bertz CT molecular complexity index is 521. The van der Waals surface area contributed by atoms with Gasteiger partial charge in [0.25, 0.3) is 0 Å². The highest BCUT2D eigenvalue weighted by atomic mass is 16.6. The van der Waals surface area contributed by atoms with E-state index in [1.807, 2.05) is 32.9 Å². The lowest BCUT2D eigenvalue weighted by Gasteiger charge is -2.32. The summed E-state index contributed by atoms with van der Waals surface area (Å²) in [4.78, 5) is 13.8. The topological polar surface area (TPSA) is 64.8 Å². The van der Waals surface area contributed by atoms with Crippen molar-refractivity contribution in [2.24, 2.45) is 0 Å². The van der Waals surface area contributed by atoms with Crippen LogP contribution in [-0.4, -0.2) is 30.2 Å². The highest BCUT2D eigenvalue weighted by Crippen LogP contribution is 2.31. The van der Waals surface area contributed by atoms with Crippen molar-refractivity contribution in [3.05, 3.63) is 23.3 Å².